The molecule has 0 spiro atoms. The molecule has 0 aliphatic carbocycles. The number of imidazole rings is 2. The predicted molar refractivity (Wildman–Crippen MR) is 117 cm³/mol. The number of aromatic amines is 2. The fourth-order valence-electron chi connectivity index (χ4n) is 3.49. The van der Waals surface area contributed by atoms with E-state index in [4.69, 9.17) is 4.74 Å². The Kier molecular flexibility index (Phi) is 6.37. The first-order valence-electron chi connectivity index (χ1n) is 10.5. The van der Waals surface area contributed by atoms with E-state index in [1.54, 1.807) is 13.8 Å². The van der Waals surface area contributed by atoms with Crippen molar-refractivity contribution in [3.05, 3.63) is 76.7 Å². The van der Waals surface area contributed by atoms with Gasteiger partial charge in [0.2, 0.25) is 5.88 Å². The number of carbonyl (C=O) groups excluding carboxylic acids is 1. The average Bonchev–Trinajstić information content (AvgIpc) is 3.39. The Labute approximate surface area is 200 Å². The lowest BCUT2D eigenvalue weighted by atomic mass is 10.1. The summed E-state index contributed by atoms with van der Waals surface area (Å²) in [5.41, 5.74) is 0.239. The van der Waals surface area contributed by atoms with E-state index in [0.717, 1.165) is 24.3 Å². The number of halogens is 6. The van der Waals surface area contributed by atoms with Crippen molar-refractivity contribution in [3.8, 4) is 28.7 Å². The largest absolute Gasteiger partial charge is 0.459 e. The third-order valence-electron chi connectivity index (χ3n) is 5.37. The highest BCUT2D eigenvalue weighted by molar-refractivity contribution is 5.64. The minimum Gasteiger partial charge on any atom is -0.459 e. The van der Waals surface area contributed by atoms with Crippen molar-refractivity contribution in [1.29, 1.82) is 0 Å². The topological polar surface area (TPSA) is 83.7 Å². The Bertz CT molecular complexity index is 1370. The Balaban J connectivity index is 1.56. The number of carbonyl (C=O) groups is 1. The molecule has 0 amide bonds. The second-order valence-corrected chi connectivity index (χ2v) is 7.94. The molecule has 2 aromatic carbocycles. The first-order chi connectivity index (χ1) is 16.9. The molecule has 1 unspecified atom stereocenters. The molecule has 0 fully saturated rings. The van der Waals surface area contributed by atoms with Crippen LogP contribution < -0.4 is 4.74 Å². The minimum absolute atomic E-state index is 0.0421. The minimum atomic E-state index is -4.47. The molecule has 2 heterocycles. The molecule has 0 aliphatic rings. The maximum Gasteiger partial charge on any atom is 0.416 e. The third-order valence-corrected chi connectivity index (χ3v) is 5.37. The Hall–Kier alpha value is -4.09. The summed E-state index contributed by atoms with van der Waals surface area (Å²) in [5, 5.41) is 0. The van der Waals surface area contributed by atoms with Crippen LogP contribution in [0.1, 0.15) is 34.3 Å². The SMILES string of the molecule is Cc1[nH]c(-c2ccc(C(F)(F)F)cc2)nc1OC(C=O)c1nc(-c2ccc(C(F)(F)F)cc2)[nH]c1C. The van der Waals surface area contributed by atoms with E-state index in [-0.39, 0.29) is 23.2 Å². The number of hydrogen-bond acceptors (Lipinski definition) is 4. The van der Waals surface area contributed by atoms with Gasteiger partial charge in [-0.3, -0.25) is 4.79 Å². The molecular formula is C24H18F6N4O2. The van der Waals surface area contributed by atoms with E-state index in [2.05, 4.69) is 19.9 Å². The summed E-state index contributed by atoms with van der Waals surface area (Å²) >= 11 is 0. The monoisotopic (exact) mass is 508 g/mol. The maximum atomic E-state index is 12.8. The summed E-state index contributed by atoms with van der Waals surface area (Å²) in [4.78, 5) is 26.3. The molecule has 0 radical (unpaired) electrons. The fraction of sp³-hybridized carbons (Fsp3) is 0.208. The molecule has 36 heavy (non-hydrogen) atoms. The van der Waals surface area contributed by atoms with Gasteiger partial charge in [-0.1, -0.05) is 24.3 Å². The number of nitrogens with zero attached hydrogens (tertiary/aromatic N) is 2. The number of nitrogens with one attached hydrogen (secondary N) is 2. The smallest absolute Gasteiger partial charge is 0.416 e. The van der Waals surface area contributed by atoms with Crippen LogP contribution in [0.3, 0.4) is 0 Å². The zero-order chi connectivity index (χ0) is 26.3. The van der Waals surface area contributed by atoms with Gasteiger partial charge < -0.3 is 14.7 Å². The van der Waals surface area contributed by atoms with Crippen LogP contribution >= 0.6 is 0 Å². The second kappa shape index (κ2) is 9.17. The van der Waals surface area contributed by atoms with E-state index in [0.29, 0.717) is 28.8 Å². The number of ether oxygens (including phenoxy) is 1. The van der Waals surface area contributed by atoms with Crippen molar-refractivity contribution in [3.63, 3.8) is 0 Å². The van der Waals surface area contributed by atoms with Crippen molar-refractivity contribution in [2.24, 2.45) is 0 Å². The first kappa shape index (κ1) is 25.0. The van der Waals surface area contributed by atoms with Gasteiger partial charge >= 0.3 is 12.4 Å². The van der Waals surface area contributed by atoms with Crippen LogP contribution in [0.15, 0.2) is 48.5 Å². The van der Waals surface area contributed by atoms with Crippen LogP contribution in [-0.4, -0.2) is 26.2 Å². The summed E-state index contributed by atoms with van der Waals surface area (Å²) in [7, 11) is 0. The summed E-state index contributed by atoms with van der Waals surface area (Å²) in [6.07, 6.45) is -9.65. The van der Waals surface area contributed by atoms with Gasteiger partial charge in [-0.05, 0) is 38.1 Å². The molecule has 12 heteroatoms. The molecule has 2 aromatic heterocycles. The number of H-pyrrole nitrogens is 2. The number of hydrogen-bond donors (Lipinski definition) is 2. The Morgan fingerprint density at radius 1 is 0.750 bits per heavy atom. The summed E-state index contributed by atoms with van der Waals surface area (Å²) < 4.78 is 82.6. The maximum absolute atomic E-state index is 12.8. The number of benzene rings is 2. The highest BCUT2D eigenvalue weighted by Gasteiger charge is 2.31. The van der Waals surface area contributed by atoms with Crippen LogP contribution in [0.2, 0.25) is 0 Å². The number of aldehydes is 1. The molecule has 2 N–H and O–H groups in total. The first-order valence-corrected chi connectivity index (χ1v) is 10.5. The molecule has 4 aromatic rings. The van der Waals surface area contributed by atoms with Gasteiger partial charge in [-0.2, -0.15) is 31.3 Å². The quantitative estimate of drug-likeness (QED) is 0.232. The van der Waals surface area contributed by atoms with Gasteiger partial charge in [0.1, 0.15) is 17.3 Å². The Morgan fingerprint density at radius 3 is 1.64 bits per heavy atom. The predicted octanol–water partition coefficient (Wildman–Crippen LogP) is 6.44. The molecule has 0 aliphatic heterocycles. The zero-order valence-corrected chi connectivity index (χ0v) is 18.8. The number of rotatable bonds is 6. The lowest BCUT2D eigenvalue weighted by Gasteiger charge is -2.10. The van der Waals surface area contributed by atoms with Gasteiger partial charge in [0.15, 0.2) is 12.4 Å². The molecule has 188 valence electrons. The van der Waals surface area contributed by atoms with Crippen molar-refractivity contribution in [2.75, 3.05) is 0 Å². The summed E-state index contributed by atoms with van der Waals surface area (Å²) in [5.74, 6) is 0.529. The molecule has 4 rings (SSSR count). The average molecular weight is 508 g/mol. The van der Waals surface area contributed by atoms with Crippen LogP contribution in [-0.2, 0) is 17.1 Å². The molecule has 1 atom stereocenters. The third kappa shape index (κ3) is 5.11. The Morgan fingerprint density at radius 2 is 1.19 bits per heavy atom. The lowest BCUT2D eigenvalue weighted by Crippen LogP contribution is -2.11. The molecule has 0 bridgehead atoms. The molecular weight excluding hydrogens is 490 g/mol. The molecule has 0 saturated heterocycles. The van der Waals surface area contributed by atoms with Crippen LogP contribution in [0.25, 0.3) is 22.8 Å². The van der Waals surface area contributed by atoms with E-state index >= 15 is 0 Å². The van der Waals surface area contributed by atoms with Crippen molar-refractivity contribution < 1.29 is 35.9 Å². The summed E-state index contributed by atoms with van der Waals surface area (Å²) in [6.45, 7) is 3.24. The van der Waals surface area contributed by atoms with Crippen LogP contribution in [0, 0.1) is 13.8 Å². The fourth-order valence-corrected chi connectivity index (χ4v) is 3.49. The van der Waals surface area contributed by atoms with Gasteiger partial charge in [0, 0.05) is 16.8 Å². The van der Waals surface area contributed by atoms with E-state index in [1.807, 2.05) is 0 Å². The second-order valence-electron chi connectivity index (χ2n) is 7.94. The van der Waals surface area contributed by atoms with Crippen LogP contribution in [0.5, 0.6) is 5.88 Å². The van der Waals surface area contributed by atoms with Crippen LogP contribution in [0.4, 0.5) is 26.3 Å². The normalized spacial score (nSPS) is 13.0. The zero-order valence-electron chi connectivity index (χ0n) is 18.8. The van der Waals surface area contributed by atoms with E-state index in [1.165, 1.54) is 24.3 Å². The number of aryl methyl sites for hydroxylation is 2. The lowest BCUT2D eigenvalue weighted by molar-refractivity contribution is -0.138. The molecule has 0 saturated carbocycles. The summed E-state index contributed by atoms with van der Waals surface area (Å²) in [6, 6.07) is 8.75. The van der Waals surface area contributed by atoms with Gasteiger partial charge in [0.05, 0.1) is 16.8 Å². The van der Waals surface area contributed by atoms with Gasteiger partial charge in [-0.15, -0.1) is 0 Å². The van der Waals surface area contributed by atoms with E-state index < -0.39 is 29.6 Å². The van der Waals surface area contributed by atoms with Gasteiger partial charge in [-0.25, -0.2) is 4.98 Å². The number of alkyl halides is 6. The standard InChI is InChI=1S/C24H18F6N4O2/c1-12-19(33-20(31-12)14-3-7-16(8-4-14)23(25,26)27)18(11-35)36-22-13(2)32-21(34-22)15-5-9-17(10-6-15)24(28,29)30/h3-11,18H,1-2H3,(H,31,33)(H,32,34). The van der Waals surface area contributed by atoms with Crippen molar-refractivity contribution in [1.82, 2.24) is 19.9 Å². The van der Waals surface area contributed by atoms with Gasteiger partial charge in [0.25, 0.3) is 0 Å². The number of aromatic nitrogens is 4. The van der Waals surface area contributed by atoms with Crippen molar-refractivity contribution in [2.45, 2.75) is 32.3 Å². The highest BCUT2D eigenvalue weighted by Crippen LogP contribution is 2.33. The molecule has 6 nitrogen and oxygen atoms in total. The highest BCUT2D eigenvalue weighted by atomic mass is 19.4. The van der Waals surface area contributed by atoms with Crippen molar-refractivity contribution >= 4 is 6.29 Å². The van der Waals surface area contributed by atoms with E-state index in [9.17, 15) is 31.1 Å².